The van der Waals surface area contributed by atoms with Gasteiger partial charge in [-0.15, -0.1) is 0 Å². The van der Waals surface area contributed by atoms with Crippen molar-refractivity contribution in [2.45, 2.75) is 13.0 Å². The number of benzene rings is 2. The van der Waals surface area contributed by atoms with Crippen LogP contribution in [0.3, 0.4) is 0 Å². The van der Waals surface area contributed by atoms with Crippen LogP contribution in [0.2, 0.25) is 0 Å². The van der Waals surface area contributed by atoms with Gasteiger partial charge < -0.3 is 9.84 Å². The summed E-state index contributed by atoms with van der Waals surface area (Å²) in [6, 6.07) is 19.3. The van der Waals surface area contributed by atoms with Crippen molar-refractivity contribution in [3.8, 4) is 11.5 Å². The van der Waals surface area contributed by atoms with Crippen LogP contribution in [0.4, 0.5) is 5.82 Å². The molecule has 4 aromatic rings. The zero-order valence-corrected chi connectivity index (χ0v) is 16.8. The van der Waals surface area contributed by atoms with Crippen LogP contribution in [-0.4, -0.2) is 16.7 Å². The number of nitrogens with zero attached hydrogens (tertiary/aromatic N) is 1. The Morgan fingerprint density at radius 1 is 1.17 bits per heavy atom. The van der Waals surface area contributed by atoms with Gasteiger partial charge in [0.25, 0.3) is 5.82 Å². The van der Waals surface area contributed by atoms with E-state index in [2.05, 4.69) is 21.9 Å². The summed E-state index contributed by atoms with van der Waals surface area (Å²) in [4.78, 5) is 7.61. The zero-order valence-electron chi connectivity index (χ0n) is 16.8. The lowest BCUT2D eigenvalue weighted by Crippen LogP contribution is -2.19. The second kappa shape index (κ2) is 8.66. The molecule has 2 aromatic carbocycles. The number of fused-ring (bicyclic) bond motifs is 1. The Balaban J connectivity index is 1.82. The Morgan fingerprint density at radius 2 is 2.07 bits per heavy atom. The van der Waals surface area contributed by atoms with E-state index >= 15 is 0 Å². The van der Waals surface area contributed by atoms with Crippen LogP contribution in [0, 0.1) is 6.92 Å². The normalized spacial score (nSPS) is 11.8. The van der Waals surface area contributed by atoms with Gasteiger partial charge in [-0.25, -0.2) is 4.98 Å². The highest BCUT2D eigenvalue weighted by molar-refractivity contribution is 5.86. The molecule has 1 atom stereocenters. The van der Waals surface area contributed by atoms with Gasteiger partial charge in [-0.2, -0.15) is 0 Å². The second-order valence-electron chi connectivity index (χ2n) is 7.11. The highest BCUT2D eigenvalue weighted by Crippen LogP contribution is 2.36. The third kappa shape index (κ3) is 4.10. The summed E-state index contributed by atoms with van der Waals surface area (Å²) < 4.78 is 5.72. The average Bonchev–Trinajstić information content (AvgIpc) is 2.77. The fourth-order valence-electron chi connectivity index (χ4n) is 3.48. The van der Waals surface area contributed by atoms with Gasteiger partial charge in [0, 0.05) is 28.8 Å². The van der Waals surface area contributed by atoms with Crippen molar-refractivity contribution < 1.29 is 14.8 Å². The summed E-state index contributed by atoms with van der Waals surface area (Å²) in [6.07, 6.45) is 5.29. The summed E-state index contributed by atoms with van der Waals surface area (Å²) in [6.45, 7) is 6.17. The van der Waals surface area contributed by atoms with E-state index in [-0.39, 0.29) is 11.8 Å². The molecule has 0 unspecified atom stereocenters. The molecule has 5 heteroatoms. The van der Waals surface area contributed by atoms with E-state index in [1.165, 1.54) is 0 Å². The maximum Gasteiger partial charge on any atom is 0.273 e. The van der Waals surface area contributed by atoms with Gasteiger partial charge in [-0.1, -0.05) is 36.9 Å². The molecule has 150 valence electrons. The molecule has 30 heavy (non-hydrogen) atoms. The number of rotatable bonds is 7. The van der Waals surface area contributed by atoms with Gasteiger partial charge >= 0.3 is 0 Å². The Labute approximate surface area is 175 Å². The Hall–Kier alpha value is -3.86. The molecule has 5 nitrogen and oxygen atoms in total. The average molecular weight is 398 g/mol. The van der Waals surface area contributed by atoms with Crippen molar-refractivity contribution in [3.63, 3.8) is 0 Å². The number of phenolic OH excluding ortho intramolecular Hbond substituents is 1. The summed E-state index contributed by atoms with van der Waals surface area (Å²) in [5, 5.41) is 15.5. The number of aromatic nitrogens is 2. The summed E-state index contributed by atoms with van der Waals surface area (Å²) >= 11 is 0. The van der Waals surface area contributed by atoms with E-state index in [4.69, 9.17) is 4.74 Å². The minimum atomic E-state index is -0.318. The molecule has 3 N–H and O–H groups in total. The van der Waals surface area contributed by atoms with Crippen molar-refractivity contribution >= 4 is 16.7 Å². The van der Waals surface area contributed by atoms with Crippen LogP contribution in [0.1, 0.15) is 22.7 Å². The summed E-state index contributed by atoms with van der Waals surface area (Å²) in [5.74, 6) is 1.75. The molecule has 0 bridgehead atoms. The maximum atomic E-state index is 11.1. The standard InChI is InChI=1S/C25H23N3O2/c1-3-14-30-20-8-4-6-19(16-20)23(28-22-15-17(2)11-13-26-22)21-10-9-18-7-5-12-27-24(18)25(21)29/h3-13,15-16,23,29H,1,14H2,2H3,(H,26,28)/p+1/t23-/m1/s1. The molecule has 0 radical (unpaired) electrons. The largest absolute Gasteiger partial charge is 0.505 e. The maximum absolute atomic E-state index is 11.1. The topological polar surface area (TPSA) is 68.5 Å². The lowest BCUT2D eigenvalue weighted by atomic mass is 9.96. The van der Waals surface area contributed by atoms with E-state index < -0.39 is 0 Å². The molecular formula is C25H24N3O2+. The lowest BCUT2D eigenvalue weighted by molar-refractivity contribution is -0.361. The predicted molar refractivity (Wildman–Crippen MR) is 119 cm³/mol. The smallest absolute Gasteiger partial charge is 0.273 e. The van der Waals surface area contributed by atoms with Crippen molar-refractivity contribution in [1.82, 2.24) is 4.98 Å². The first-order valence-electron chi connectivity index (χ1n) is 9.81. The first-order valence-corrected chi connectivity index (χ1v) is 9.81. The fraction of sp³-hybridized carbons (Fsp3) is 0.120. The van der Waals surface area contributed by atoms with Crippen LogP contribution in [0.25, 0.3) is 10.9 Å². The van der Waals surface area contributed by atoms with E-state index in [0.717, 1.165) is 33.6 Å². The first kappa shape index (κ1) is 19.5. The molecule has 0 aliphatic heterocycles. The summed E-state index contributed by atoms with van der Waals surface area (Å²) in [7, 11) is 0. The minimum absolute atomic E-state index is 0.163. The van der Waals surface area contributed by atoms with Crippen LogP contribution < -0.4 is 15.0 Å². The highest BCUT2D eigenvalue weighted by atomic mass is 16.5. The number of aryl methyl sites for hydroxylation is 1. The van der Waals surface area contributed by atoms with Gasteiger partial charge in [-0.05, 0) is 42.8 Å². The third-order valence-corrected chi connectivity index (χ3v) is 4.91. The molecule has 4 rings (SSSR count). The zero-order chi connectivity index (χ0) is 20.9. The number of aromatic hydroxyl groups is 1. The molecule has 0 amide bonds. The van der Waals surface area contributed by atoms with Crippen LogP contribution in [-0.2, 0) is 0 Å². The Morgan fingerprint density at radius 3 is 2.90 bits per heavy atom. The van der Waals surface area contributed by atoms with Crippen LogP contribution in [0.5, 0.6) is 11.5 Å². The van der Waals surface area contributed by atoms with Gasteiger partial charge in [-0.3, -0.25) is 10.3 Å². The first-order chi connectivity index (χ1) is 14.7. The predicted octanol–water partition coefficient (Wildman–Crippen LogP) is 4.83. The second-order valence-corrected chi connectivity index (χ2v) is 7.11. The number of hydrogen-bond acceptors (Lipinski definition) is 4. The number of pyridine rings is 2. The van der Waals surface area contributed by atoms with E-state index in [1.54, 1.807) is 12.3 Å². The van der Waals surface area contributed by atoms with Crippen LogP contribution in [0.15, 0.2) is 85.7 Å². The van der Waals surface area contributed by atoms with E-state index in [1.807, 2.05) is 73.8 Å². The van der Waals surface area contributed by atoms with Gasteiger partial charge in [0.2, 0.25) is 0 Å². The Bertz CT molecular complexity index is 1190. The number of ether oxygens (including phenoxy) is 1. The molecule has 0 saturated heterocycles. The van der Waals surface area contributed by atoms with Gasteiger partial charge in [0.15, 0.2) is 0 Å². The lowest BCUT2D eigenvalue weighted by Gasteiger charge is -2.18. The van der Waals surface area contributed by atoms with Crippen molar-refractivity contribution in [2.24, 2.45) is 0 Å². The molecule has 2 aromatic heterocycles. The number of nitrogens with one attached hydrogen (secondary N) is 2. The van der Waals surface area contributed by atoms with Gasteiger partial charge in [0.1, 0.15) is 29.7 Å². The fourth-order valence-corrected chi connectivity index (χ4v) is 3.48. The number of phenols is 1. The van der Waals surface area contributed by atoms with Crippen molar-refractivity contribution in [2.75, 3.05) is 11.9 Å². The highest BCUT2D eigenvalue weighted by Gasteiger charge is 2.24. The quantitative estimate of drug-likeness (QED) is 0.438. The molecule has 0 spiro atoms. The van der Waals surface area contributed by atoms with E-state index in [0.29, 0.717) is 12.1 Å². The summed E-state index contributed by atoms with van der Waals surface area (Å²) in [5.41, 5.74) is 3.39. The molecule has 0 aliphatic carbocycles. The van der Waals surface area contributed by atoms with E-state index in [9.17, 15) is 5.11 Å². The molecule has 0 saturated carbocycles. The number of aromatic amines is 1. The molecule has 0 fully saturated rings. The monoisotopic (exact) mass is 398 g/mol. The Kier molecular flexibility index (Phi) is 5.61. The van der Waals surface area contributed by atoms with Crippen molar-refractivity contribution in [1.29, 1.82) is 0 Å². The minimum Gasteiger partial charge on any atom is -0.505 e. The SMILES string of the molecule is C=CCOc1cccc([C@@H](Nc2cc(C)cc[nH+]2)c2ccc3cccnc3c2O)c1. The molecule has 0 aliphatic rings. The van der Waals surface area contributed by atoms with Crippen molar-refractivity contribution in [3.05, 3.63) is 102 Å². The third-order valence-electron chi connectivity index (χ3n) is 4.91. The molecule has 2 heterocycles. The number of H-pyrrole nitrogens is 1. The molecular weight excluding hydrogens is 374 g/mol. The van der Waals surface area contributed by atoms with Crippen LogP contribution >= 0.6 is 0 Å². The van der Waals surface area contributed by atoms with Gasteiger partial charge in [0.05, 0.1) is 6.20 Å². The number of anilines is 1. The number of hydrogen-bond donors (Lipinski definition) is 2.